The summed E-state index contributed by atoms with van der Waals surface area (Å²) in [6, 6.07) is 11.9. The number of nitrogens with zero attached hydrogens (tertiary/aromatic N) is 4. The smallest absolute Gasteiger partial charge is 0.378 e. The number of carbonyl (C=O) groups is 2. The zero-order valence-corrected chi connectivity index (χ0v) is 16.2. The van der Waals surface area contributed by atoms with E-state index >= 15 is 0 Å². The van der Waals surface area contributed by atoms with Crippen LogP contribution in [0.15, 0.2) is 36.4 Å². The van der Waals surface area contributed by atoms with Crippen molar-refractivity contribution in [2.75, 3.05) is 6.61 Å². The van der Waals surface area contributed by atoms with Gasteiger partial charge in [-0.05, 0) is 45.2 Å². The van der Waals surface area contributed by atoms with Gasteiger partial charge in [-0.25, -0.2) is 14.3 Å². The van der Waals surface area contributed by atoms with Gasteiger partial charge in [0.1, 0.15) is 0 Å². The summed E-state index contributed by atoms with van der Waals surface area (Å²) in [4.78, 5) is 32.5. The highest BCUT2D eigenvalue weighted by molar-refractivity contribution is 5.88. The van der Waals surface area contributed by atoms with Crippen LogP contribution in [-0.4, -0.2) is 44.1 Å². The maximum atomic E-state index is 12.1. The molecule has 0 spiro atoms. The van der Waals surface area contributed by atoms with E-state index < -0.39 is 5.97 Å². The predicted molar refractivity (Wildman–Crippen MR) is 103 cm³/mol. The molecular formula is C20H23N5O3. The number of benzene rings is 1. The number of hydrogen-bond acceptors (Lipinski definition) is 6. The molecular weight excluding hydrogens is 358 g/mol. The largest absolute Gasteiger partial charge is 0.450 e. The summed E-state index contributed by atoms with van der Waals surface area (Å²) >= 11 is 0. The summed E-state index contributed by atoms with van der Waals surface area (Å²) in [5.74, 6) is -0.910. The van der Waals surface area contributed by atoms with Crippen LogP contribution in [0, 0.1) is 13.8 Å². The molecule has 1 aromatic carbocycles. The Labute approximate surface area is 163 Å². The maximum absolute atomic E-state index is 12.1. The number of nitrogens with one attached hydrogen (secondary N) is 1. The van der Waals surface area contributed by atoms with Gasteiger partial charge in [0.05, 0.1) is 0 Å². The second-order valence-corrected chi connectivity index (χ2v) is 6.76. The van der Waals surface area contributed by atoms with Crippen molar-refractivity contribution in [2.24, 2.45) is 0 Å². The van der Waals surface area contributed by atoms with Gasteiger partial charge in [-0.3, -0.25) is 4.79 Å². The molecule has 1 N–H and O–H groups in total. The molecule has 8 nitrogen and oxygen atoms in total. The summed E-state index contributed by atoms with van der Waals surface area (Å²) in [5, 5.41) is 6.92. The lowest BCUT2D eigenvalue weighted by molar-refractivity contribution is -0.124. The monoisotopic (exact) mass is 381 g/mol. The van der Waals surface area contributed by atoms with E-state index in [0.29, 0.717) is 5.78 Å². The molecule has 3 rings (SSSR count). The van der Waals surface area contributed by atoms with Gasteiger partial charge in [-0.1, -0.05) is 30.3 Å². The molecule has 8 heteroatoms. The minimum atomic E-state index is -0.755. The lowest BCUT2D eigenvalue weighted by Gasteiger charge is -2.13. The minimum Gasteiger partial charge on any atom is -0.450 e. The van der Waals surface area contributed by atoms with Crippen molar-refractivity contribution < 1.29 is 14.3 Å². The predicted octanol–water partition coefficient (Wildman–Crippen LogP) is 2.04. The van der Waals surface area contributed by atoms with Crippen LogP contribution in [0.5, 0.6) is 0 Å². The standard InChI is InChI=1S/C20H23N5O3/c1-13(9-10-16-7-5-4-6-8-16)21-17(26)12-28-19(27)18-23-20-22-14(2)11-15(3)25(20)24-18/h4-8,11,13H,9-10,12H2,1-3H3,(H,21,26)/t13-/m0/s1. The number of hydrogen-bond donors (Lipinski definition) is 1. The summed E-state index contributed by atoms with van der Waals surface area (Å²) in [5.41, 5.74) is 2.80. The molecule has 0 unspecified atom stereocenters. The van der Waals surface area contributed by atoms with Crippen LogP contribution < -0.4 is 5.32 Å². The van der Waals surface area contributed by atoms with Gasteiger partial charge in [-0.2, -0.15) is 4.98 Å². The normalized spacial score (nSPS) is 12.0. The van der Waals surface area contributed by atoms with E-state index in [0.717, 1.165) is 24.2 Å². The van der Waals surface area contributed by atoms with Gasteiger partial charge in [0.15, 0.2) is 6.61 Å². The van der Waals surface area contributed by atoms with Gasteiger partial charge in [0, 0.05) is 17.4 Å². The van der Waals surface area contributed by atoms with Crippen LogP contribution in [0.2, 0.25) is 0 Å². The van der Waals surface area contributed by atoms with Crippen molar-refractivity contribution in [2.45, 2.75) is 39.7 Å². The zero-order valence-electron chi connectivity index (χ0n) is 16.2. The van der Waals surface area contributed by atoms with Crippen LogP contribution in [0.1, 0.15) is 40.9 Å². The van der Waals surface area contributed by atoms with Crippen molar-refractivity contribution in [3.8, 4) is 0 Å². The quantitative estimate of drug-likeness (QED) is 0.629. The lowest BCUT2D eigenvalue weighted by atomic mass is 10.1. The van der Waals surface area contributed by atoms with E-state index in [1.807, 2.05) is 45.0 Å². The second-order valence-electron chi connectivity index (χ2n) is 6.76. The summed E-state index contributed by atoms with van der Waals surface area (Å²) in [6.07, 6.45) is 1.65. The molecule has 0 radical (unpaired) electrons. The van der Waals surface area contributed by atoms with Gasteiger partial charge < -0.3 is 10.1 Å². The first-order valence-corrected chi connectivity index (χ1v) is 9.14. The molecule has 146 valence electrons. The molecule has 0 bridgehead atoms. The zero-order chi connectivity index (χ0) is 20.1. The van der Waals surface area contributed by atoms with E-state index in [2.05, 4.69) is 32.5 Å². The van der Waals surface area contributed by atoms with Gasteiger partial charge in [0.2, 0.25) is 0 Å². The average molecular weight is 381 g/mol. The van der Waals surface area contributed by atoms with Crippen LogP contribution in [-0.2, 0) is 16.0 Å². The van der Waals surface area contributed by atoms with Crippen molar-refractivity contribution in [1.82, 2.24) is 24.9 Å². The molecule has 2 heterocycles. The van der Waals surface area contributed by atoms with Crippen LogP contribution in [0.4, 0.5) is 0 Å². The Morgan fingerprint density at radius 3 is 2.68 bits per heavy atom. The first-order valence-electron chi connectivity index (χ1n) is 9.14. The fourth-order valence-corrected chi connectivity index (χ4v) is 2.86. The van der Waals surface area contributed by atoms with Crippen LogP contribution in [0.3, 0.4) is 0 Å². The van der Waals surface area contributed by atoms with E-state index in [9.17, 15) is 9.59 Å². The molecule has 0 saturated carbocycles. The van der Waals surface area contributed by atoms with Crippen molar-refractivity contribution in [1.29, 1.82) is 0 Å². The molecule has 2 aromatic heterocycles. The average Bonchev–Trinajstić information content (AvgIpc) is 3.10. The topological polar surface area (TPSA) is 98.5 Å². The van der Waals surface area contributed by atoms with E-state index in [-0.39, 0.29) is 24.4 Å². The van der Waals surface area contributed by atoms with Crippen LogP contribution >= 0.6 is 0 Å². The molecule has 0 saturated heterocycles. The Hall–Kier alpha value is -3.29. The summed E-state index contributed by atoms with van der Waals surface area (Å²) < 4.78 is 6.50. The van der Waals surface area contributed by atoms with Crippen molar-refractivity contribution in [3.05, 3.63) is 59.2 Å². The van der Waals surface area contributed by atoms with Crippen molar-refractivity contribution in [3.63, 3.8) is 0 Å². The number of aryl methyl sites for hydroxylation is 3. The Bertz CT molecular complexity index is 984. The number of amides is 1. The highest BCUT2D eigenvalue weighted by Gasteiger charge is 2.18. The number of ether oxygens (including phenoxy) is 1. The minimum absolute atomic E-state index is 0.0328. The Balaban J connectivity index is 1.48. The summed E-state index contributed by atoms with van der Waals surface area (Å²) in [7, 11) is 0. The number of fused-ring (bicyclic) bond motifs is 1. The number of esters is 1. The third kappa shape index (κ3) is 4.91. The SMILES string of the molecule is Cc1cc(C)n2nc(C(=O)OCC(=O)N[C@@H](C)CCc3ccccc3)nc2n1. The van der Waals surface area contributed by atoms with E-state index in [1.54, 1.807) is 0 Å². The molecule has 1 amide bonds. The first-order chi connectivity index (χ1) is 13.4. The highest BCUT2D eigenvalue weighted by atomic mass is 16.5. The molecule has 0 fully saturated rings. The van der Waals surface area contributed by atoms with Crippen LogP contribution in [0.25, 0.3) is 5.78 Å². The van der Waals surface area contributed by atoms with E-state index in [1.165, 1.54) is 10.1 Å². The molecule has 0 aliphatic heterocycles. The van der Waals surface area contributed by atoms with Crippen molar-refractivity contribution >= 4 is 17.7 Å². The third-order valence-electron chi connectivity index (χ3n) is 4.25. The fraction of sp³-hybridized carbons (Fsp3) is 0.350. The van der Waals surface area contributed by atoms with E-state index in [4.69, 9.17) is 4.74 Å². The Morgan fingerprint density at radius 1 is 1.18 bits per heavy atom. The van der Waals surface area contributed by atoms with Gasteiger partial charge >= 0.3 is 5.97 Å². The molecule has 3 aromatic rings. The van der Waals surface area contributed by atoms with Gasteiger partial charge in [0.25, 0.3) is 17.5 Å². The number of carbonyl (C=O) groups excluding carboxylic acids is 2. The molecule has 1 atom stereocenters. The van der Waals surface area contributed by atoms with Gasteiger partial charge in [-0.15, -0.1) is 5.10 Å². The molecule has 0 aliphatic rings. The lowest BCUT2D eigenvalue weighted by Crippen LogP contribution is -2.36. The molecule has 28 heavy (non-hydrogen) atoms. The Morgan fingerprint density at radius 2 is 1.93 bits per heavy atom. The third-order valence-corrected chi connectivity index (χ3v) is 4.25. The number of aromatic nitrogens is 4. The fourth-order valence-electron chi connectivity index (χ4n) is 2.86. The second kappa shape index (κ2) is 8.60. The maximum Gasteiger partial charge on any atom is 0.378 e. The highest BCUT2D eigenvalue weighted by Crippen LogP contribution is 2.07. The summed E-state index contributed by atoms with van der Waals surface area (Å²) in [6.45, 7) is 5.22. The Kier molecular flexibility index (Phi) is 5.98. The number of rotatable bonds is 7. The first kappa shape index (κ1) is 19.5. The molecule has 0 aliphatic carbocycles.